The quantitative estimate of drug-likeness (QED) is 0.867. The number of halogens is 3. The molecule has 0 aliphatic heterocycles. The van der Waals surface area contributed by atoms with Gasteiger partial charge in [-0.15, -0.1) is 0 Å². The number of aliphatic hydroxyl groups excluding tert-OH is 1. The highest BCUT2D eigenvalue weighted by molar-refractivity contribution is 5.49. The normalized spacial score (nSPS) is 14.3. The first kappa shape index (κ1) is 12.7. The molecule has 0 bridgehead atoms. The number of hydrogen-bond donors (Lipinski definition) is 1. The SMILES string of the molecule is CC(O)C/C=C/c1cncc(C(F)(F)F)c1. The Morgan fingerprint density at radius 2 is 2.12 bits per heavy atom. The van der Waals surface area contributed by atoms with E-state index in [2.05, 4.69) is 4.98 Å². The molecule has 1 atom stereocenters. The van der Waals surface area contributed by atoms with Crippen LogP contribution in [-0.4, -0.2) is 16.2 Å². The van der Waals surface area contributed by atoms with Crippen LogP contribution in [0.1, 0.15) is 24.5 Å². The van der Waals surface area contributed by atoms with E-state index in [1.54, 1.807) is 13.0 Å². The first-order valence-corrected chi connectivity index (χ1v) is 4.76. The highest BCUT2D eigenvalue weighted by atomic mass is 19.4. The summed E-state index contributed by atoms with van der Waals surface area (Å²) in [6, 6.07) is 1.02. The fourth-order valence-electron chi connectivity index (χ4n) is 1.10. The molecule has 88 valence electrons. The molecule has 1 unspecified atom stereocenters. The maximum atomic E-state index is 12.3. The molecule has 16 heavy (non-hydrogen) atoms. The van der Waals surface area contributed by atoms with E-state index in [9.17, 15) is 13.2 Å². The second kappa shape index (κ2) is 5.12. The Morgan fingerprint density at radius 1 is 1.44 bits per heavy atom. The van der Waals surface area contributed by atoms with Gasteiger partial charge in [0.25, 0.3) is 0 Å². The Morgan fingerprint density at radius 3 is 2.69 bits per heavy atom. The Balaban J connectivity index is 2.79. The highest BCUT2D eigenvalue weighted by Crippen LogP contribution is 2.29. The van der Waals surface area contributed by atoms with Gasteiger partial charge in [0.2, 0.25) is 0 Å². The molecule has 1 N–H and O–H groups in total. The van der Waals surface area contributed by atoms with Crippen molar-refractivity contribution >= 4 is 6.08 Å². The summed E-state index contributed by atoms with van der Waals surface area (Å²) in [6.07, 6.45) is 0.767. The number of hydrogen-bond acceptors (Lipinski definition) is 2. The van der Waals surface area contributed by atoms with Crippen molar-refractivity contribution in [3.05, 3.63) is 35.7 Å². The molecule has 0 amide bonds. The van der Waals surface area contributed by atoms with Crippen LogP contribution < -0.4 is 0 Å². The van der Waals surface area contributed by atoms with E-state index in [-0.39, 0.29) is 0 Å². The standard InChI is InChI=1S/C11H12F3NO/c1-8(16)3-2-4-9-5-10(7-15-6-9)11(12,13)14/h2,4-8,16H,3H2,1H3/b4-2+. The molecular formula is C11H12F3NO. The molecule has 5 heteroatoms. The van der Waals surface area contributed by atoms with Gasteiger partial charge in [0.05, 0.1) is 11.7 Å². The van der Waals surface area contributed by atoms with Crippen molar-refractivity contribution in [2.75, 3.05) is 0 Å². The molecule has 0 radical (unpaired) electrons. The molecule has 1 rings (SSSR count). The first-order chi connectivity index (χ1) is 7.39. The third-order valence-electron chi connectivity index (χ3n) is 1.87. The minimum absolute atomic E-state index is 0.371. The smallest absolute Gasteiger partial charge is 0.393 e. The highest BCUT2D eigenvalue weighted by Gasteiger charge is 2.30. The average molecular weight is 231 g/mol. The van der Waals surface area contributed by atoms with Gasteiger partial charge in [-0.1, -0.05) is 12.2 Å². The number of aromatic nitrogens is 1. The number of nitrogens with zero attached hydrogens (tertiary/aromatic N) is 1. The van der Waals surface area contributed by atoms with Gasteiger partial charge >= 0.3 is 6.18 Å². The van der Waals surface area contributed by atoms with E-state index in [1.807, 2.05) is 0 Å². The lowest BCUT2D eigenvalue weighted by molar-refractivity contribution is -0.137. The molecule has 0 fully saturated rings. The Labute approximate surface area is 91.4 Å². The molecule has 0 aromatic carbocycles. The lowest BCUT2D eigenvalue weighted by Crippen LogP contribution is -2.05. The largest absolute Gasteiger partial charge is 0.417 e. The van der Waals surface area contributed by atoms with Crippen molar-refractivity contribution in [3.63, 3.8) is 0 Å². The summed E-state index contributed by atoms with van der Waals surface area (Å²) >= 11 is 0. The van der Waals surface area contributed by atoms with E-state index < -0.39 is 17.8 Å². The number of pyridine rings is 1. The maximum Gasteiger partial charge on any atom is 0.417 e. The van der Waals surface area contributed by atoms with Crippen LogP contribution in [0.25, 0.3) is 6.08 Å². The Hall–Kier alpha value is -1.36. The van der Waals surface area contributed by atoms with Crippen molar-refractivity contribution in [1.29, 1.82) is 0 Å². The van der Waals surface area contributed by atoms with Gasteiger partial charge in [-0.3, -0.25) is 4.98 Å². The van der Waals surface area contributed by atoms with Crippen molar-refractivity contribution in [1.82, 2.24) is 4.98 Å². The summed E-state index contributed by atoms with van der Waals surface area (Å²) in [4.78, 5) is 3.52. The molecule has 0 spiro atoms. The topological polar surface area (TPSA) is 33.1 Å². The molecule has 0 aliphatic carbocycles. The molecule has 0 saturated carbocycles. The van der Waals surface area contributed by atoms with E-state index in [4.69, 9.17) is 5.11 Å². The maximum absolute atomic E-state index is 12.3. The van der Waals surface area contributed by atoms with Gasteiger partial charge in [-0.2, -0.15) is 13.2 Å². The minimum Gasteiger partial charge on any atom is -0.393 e. The average Bonchev–Trinajstić information content (AvgIpc) is 2.16. The predicted molar refractivity (Wildman–Crippen MR) is 54.6 cm³/mol. The lowest BCUT2D eigenvalue weighted by atomic mass is 10.1. The summed E-state index contributed by atoms with van der Waals surface area (Å²) < 4.78 is 36.9. The zero-order chi connectivity index (χ0) is 12.2. The second-order valence-corrected chi connectivity index (χ2v) is 3.49. The zero-order valence-corrected chi connectivity index (χ0v) is 8.70. The van der Waals surface area contributed by atoms with Crippen LogP contribution in [0.2, 0.25) is 0 Å². The van der Waals surface area contributed by atoms with Gasteiger partial charge in [-0.05, 0) is 25.0 Å². The lowest BCUT2D eigenvalue weighted by Gasteiger charge is -2.06. The van der Waals surface area contributed by atoms with Crippen LogP contribution >= 0.6 is 0 Å². The van der Waals surface area contributed by atoms with Gasteiger partial charge in [-0.25, -0.2) is 0 Å². The van der Waals surface area contributed by atoms with Crippen molar-refractivity contribution in [2.24, 2.45) is 0 Å². The molecular weight excluding hydrogens is 219 g/mol. The minimum atomic E-state index is -4.37. The van der Waals surface area contributed by atoms with Crippen molar-refractivity contribution in [3.8, 4) is 0 Å². The van der Waals surface area contributed by atoms with Gasteiger partial charge in [0.1, 0.15) is 0 Å². The summed E-state index contributed by atoms with van der Waals surface area (Å²) in [7, 11) is 0. The molecule has 1 aromatic heterocycles. The first-order valence-electron chi connectivity index (χ1n) is 4.76. The van der Waals surface area contributed by atoms with E-state index in [1.165, 1.54) is 12.3 Å². The molecule has 1 heterocycles. The number of rotatable bonds is 3. The van der Waals surface area contributed by atoms with Crippen molar-refractivity contribution < 1.29 is 18.3 Å². The Bertz CT molecular complexity index is 372. The summed E-state index contributed by atoms with van der Waals surface area (Å²) in [5.74, 6) is 0. The predicted octanol–water partition coefficient (Wildman–Crippen LogP) is 2.88. The third kappa shape index (κ3) is 4.02. The third-order valence-corrected chi connectivity index (χ3v) is 1.87. The van der Waals surface area contributed by atoms with E-state index >= 15 is 0 Å². The summed E-state index contributed by atoms with van der Waals surface area (Å²) in [5.41, 5.74) is -0.401. The summed E-state index contributed by atoms with van der Waals surface area (Å²) in [6.45, 7) is 1.61. The van der Waals surface area contributed by atoms with E-state index in [0.29, 0.717) is 12.0 Å². The van der Waals surface area contributed by atoms with Crippen LogP contribution in [-0.2, 0) is 6.18 Å². The van der Waals surface area contributed by atoms with Gasteiger partial charge in [0.15, 0.2) is 0 Å². The molecule has 1 aromatic rings. The fourth-order valence-corrected chi connectivity index (χ4v) is 1.10. The second-order valence-electron chi connectivity index (χ2n) is 3.49. The zero-order valence-electron chi connectivity index (χ0n) is 8.70. The number of alkyl halides is 3. The van der Waals surface area contributed by atoms with E-state index in [0.717, 1.165) is 12.3 Å². The van der Waals surface area contributed by atoms with Crippen LogP contribution in [0, 0.1) is 0 Å². The molecule has 0 saturated heterocycles. The van der Waals surface area contributed by atoms with Gasteiger partial charge < -0.3 is 5.11 Å². The fraction of sp³-hybridized carbons (Fsp3) is 0.364. The van der Waals surface area contributed by atoms with Crippen molar-refractivity contribution in [2.45, 2.75) is 25.6 Å². The number of aliphatic hydroxyl groups is 1. The summed E-state index contributed by atoms with van der Waals surface area (Å²) in [5, 5.41) is 8.97. The van der Waals surface area contributed by atoms with Gasteiger partial charge in [0, 0.05) is 12.4 Å². The Kier molecular flexibility index (Phi) is 4.06. The van der Waals surface area contributed by atoms with Crippen LogP contribution in [0.5, 0.6) is 0 Å². The molecule has 2 nitrogen and oxygen atoms in total. The molecule has 0 aliphatic rings. The van der Waals surface area contributed by atoms with Crippen LogP contribution in [0.15, 0.2) is 24.5 Å². The monoisotopic (exact) mass is 231 g/mol. The van der Waals surface area contributed by atoms with Crippen LogP contribution in [0.4, 0.5) is 13.2 Å². The van der Waals surface area contributed by atoms with Crippen LogP contribution in [0.3, 0.4) is 0 Å².